The monoisotopic (exact) mass is 492 g/mol. The molecule has 184 valence electrons. The summed E-state index contributed by atoms with van der Waals surface area (Å²) in [6.07, 6.45) is 2.91. The SMILES string of the molecule is NC(CO)C(=O)NC(Cc1cnc[nH]1)C(=O)NC(CS)C(=O)NC(Cc1ccccc1)C(=O)O. The third-order valence-corrected chi connectivity index (χ3v) is 5.22. The summed E-state index contributed by atoms with van der Waals surface area (Å²) in [5, 5.41) is 25.9. The lowest BCUT2D eigenvalue weighted by atomic mass is 10.1. The van der Waals surface area contributed by atoms with E-state index >= 15 is 0 Å². The van der Waals surface area contributed by atoms with Crippen molar-refractivity contribution < 1.29 is 29.4 Å². The van der Waals surface area contributed by atoms with Crippen molar-refractivity contribution in [3.8, 4) is 0 Å². The Hall–Kier alpha value is -3.42. The van der Waals surface area contributed by atoms with Gasteiger partial charge in [-0.05, 0) is 5.56 Å². The number of carboxylic acid groups (broad SMARTS) is 1. The Kier molecular flexibility index (Phi) is 10.5. The summed E-state index contributed by atoms with van der Waals surface area (Å²) in [5.74, 6) is -3.59. The second-order valence-electron chi connectivity index (χ2n) is 7.46. The molecule has 1 heterocycles. The lowest BCUT2D eigenvalue weighted by Gasteiger charge is -2.24. The van der Waals surface area contributed by atoms with E-state index in [1.54, 1.807) is 30.3 Å². The third kappa shape index (κ3) is 8.17. The molecule has 0 aliphatic rings. The minimum Gasteiger partial charge on any atom is -0.480 e. The number of carbonyl (C=O) groups is 4. The van der Waals surface area contributed by atoms with Crippen molar-refractivity contribution in [2.45, 2.75) is 37.0 Å². The summed E-state index contributed by atoms with van der Waals surface area (Å²) in [5.41, 5.74) is 6.75. The number of amides is 3. The standard InChI is InChI=1S/C21H28N6O6S/c22-14(9-28)18(29)25-15(7-13-8-23-11-24-13)19(30)27-17(10-34)20(31)26-16(21(32)33)6-12-4-2-1-3-5-12/h1-5,8,11,14-17,28,34H,6-7,9-10,22H2,(H,23,24)(H,25,29)(H,26,31)(H,27,30)(H,32,33). The summed E-state index contributed by atoms with van der Waals surface area (Å²) in [6.45, 7) is -0.621. The van der Waals surface area contributed by atoms with Gasteiger partial charge in [-0.2, -0.15) is 12.6 Å². The van der Waals surface area contributed by atoms with Crippen LogP contribution in [0.5, 0.6) is 0 Å². The number of rotatable bonds is 13. The number of benzene rings is 1. The van der Waals surface area contributed by atoms with Crippen LogP contribution in [-0.4, -0.2) is 80.4 Å². The number of hydrogen-bond donors (Lipinski definition) is 8. The molecule has 8 N–H and O–H groups in total. The van der Waals surface area contributed by atoms with E-state index < -0.39 is 54.5 Å². The second kappa shape index (κ2) is 13.3. The Morgan fingerprint density at radius 1 is 0.971 bits per heavy atom. The lowest BCUT2D eigenvalue weighted by Crippen LogP contribution is -2.58. The van der Waals surface area contributed by atoms with Gasteiger partial charge in [0, 0.05) is 30.5 Å². The Morgan fingerprint density at radius 2 is 1.59 bits per heavy atom. The van der Waals surface area contributed by atoms with Crippen LogP contribution in [0.25, 0.3) is 0 Å². The first-order valence-corrected chi connectivity index (χ1v) is 11.0. The molecule has 0 bridgehead atoms. The molecule has 34 heavy (non-hydrogen) atoms. The molecule has 0 aliphatic carbocycles. The van der Waals surface area contributed by atoms with E-state index in [1.807, 2.05) is 0 Å². The first kappa shape index (κ1) is 26.8. The Bertz CT molecular complexity index is 958. The number of carbonyl (C=O) groups excluding carboxylic acids is 3. The molecule has 2 aromatic rings. The smallest absolute Gasteiger partial charge is 0.326 e. The molecule has 0 spiro atoms. The molecule has 0 aliphatic heterocycles. The number of aromatic nitrogens is 2. The van der Waals surface area contributed by atoms with Crippen LogP contribution in [0.1, 0.15) is 11.3 Å². The molecule has 12 nitrogen and oxygen atoms in total. The number of aliphatic hydroxyl groups excluding tert-OH is 1. The van der Waals surface area contributed by atoms with Crippen LogP contribution in [0.15, 0.2) is 42.9 Å². The van der Waals surface area contributed by atoms with Crippen molar-refractivity contribution >= 4 is 36.3 Å². The molecule has 0 saturated carbocycles. The summed E-state index contributed by atoms with van der Waals surface area (Å²) in [6, 6.07) is 3.97. The number of carboxylic acids is 1. The maximum atomic E-state index is 12.9. The number of aliphatic hydroxyl groups is 1. The van der Waals surface area contributed by atoms with Gasteiger partial charge < -0.3 is 36.9 Å². The van der Waals surface area contributed by atoms with E-state index in [4.69, 9.17) is 10.8 Å². The Balaban J connectivity index is 2.08. The number of nitrogens with one attached hydrogen (secondary N) is 4. The second-order valence-corrected chi connectivity index (χ2v) is 7.83. The normalized spacial score (nSPS) is 14.3. The minimum absolute atomic E-state index is 0.00237. The van der Waals surface area contributed by atoms with E-state index in [-0.39, 0.29) is 18.6 Å². The molecular weight excluding hydrogens is 464 g/mol. The van der Waals surface area contributed by atoms with E-state index in [2.05, 4.69) is 38.5 Å². The zero-order valence-electron chi connectivity index (χ0n) is 18.2. The van der Waals surface area contributed by atoms with Crippen LogP contribution in [0.4, 0.5) is 0 Å². The highest BCUT2D eigenvalue weighted by Crippen LogP contribution is 2.05. The van der Waals surface area contributed by atoms with Crippen LogP contribution >= 0.6 is 12.6 Å². The highest BCUT2D eigenvalue weighted by Gasteiger charge is 2.30. The average molecular weight is 493 g/mol. The van der Waals surface area contributed by atoms with Crippen LogP contribution in [0.3, 0.4) is 0 Å². The zero-order valence-corrected chi connectivity index (χ0v) is 19.1. The van der Waals surface area contributed by atoms with Crippen molar-refractivity contribution in [2.24, 2.45) is 5.73 Å². The Morgan fingerprint density at radius 3 is 2.15 bits per heavy atom. The maximum absolute atomic E-state index is 12.9. The van der Waals surface area contributed by atoms with Crippen LogP contribution in [0.2, 0.25) is 0 Å². The molecule has 0 fully saturated rings. The number of aromatic amines is 1. The molecule has 1 aromatic heterocycles. The van der Waals surface area contributed by atoms with Crippen LogP contribution < -0.4 is 21.7 Å². The van der Waals surface area contributed by atoms with Gasteiger partial charge in [0.25, 0.3) is 0 Å². The van der Waals surface area contributed by atoms with E-state index in [9.17, 15) is 24.3 Å². The third-order valence-electron chi connectivity index (χ3n) is 4.86. The molecule has 13 heteroatoms. The number of nitrogens with zero attached hydrogens (tertiary/aromatic N) is 1. The number of hydrogen-bond acceptors (Lipinski definition) is 8. The topological polar surface area (TPSA) is 200 Å². The van der Waals surface area contributed by atoms with Crippen LogP contribution in [0, 0.1) is 0 Å². The zero-order chi connectivity index (χ0) is 25.1. The quantitative estimate of drug-likeness (QED) is 0.146. The number of nitrogens with two attached hydrogens (primary N) is 1. The van der Waals surface area contributed by atoms with Crippen molar-refractivity contribution in [1.29, 1.82) is 0 Å². The lowest BCUT2D eigenvalue weighted by molar-refractivity contribution is -0.142. The van der Waals surface area contributed by atoms with Crippen molar-refractivity contribution in [3.63, 3.8) is 0 Å². The van der Waals surface area contributed by atoms with Gasteiger partial charge in [-0.1, -0.05) is 30.3 Å². The molecular formula is C21H28N6O6S. The number of imidazole rings is 1. The van der Waals surface area contributed by atoms with Gasteiger partial charge in [-0.3, -0.25) is 14.4 Å². The first-order chi connectivity index (χ1) is 16.2. The van der Waals surface area contributed by atoms with Gasteiger partial charge in [0.15, 0.2) is 0 Å². The minimum atomic E-state index is -1.24. The summed E-state index contributed by atoms with van der Waals surface area (Å²) < 4.78 is 0. The summed E-state index contributed by atoms with van der Waals surface area (Å²) >= 11 is 4.10. The fourth-order valence-corrected chi connectivity index (χ4v) is 3.23. The predicted molar refractivity (Wildman–Crippen MR) is 125 cm³/mol. The summed E-state index contributed by atoms with van der Waals surface area (Å²) in [7, 11) is 0. The van der Waals surface area contributed by atoms with Gasteiger partial charge in [0.05, 0.1) is 12.9 Å². The largest absolute Gasteiger partial charge is 0.480 e. The Labute approximate surface area is 201 Å². The fraction of sp³-hybridized carbons (Fsp3) is 0.381. The highest BCUT2D eigenvalue weighted by atomic mass is 32.1. The molecule has 4 atom stereocenters. The molecule has 0 radical (unpaired) electrons. The van der Waals surface area contributed by atoms with Gasteiger partial charge in [-0.15, -0.1) is 0 Å². The van der Waals surface area contributed by atoms with Gasteiger partial charge >= 0.3 is 5.97 Å². The number of H-pyrrole nitrogens is 1. The first-order valence-electron chi connectivity index (χ1n) is 10.4. The van der Waals surface area contributed by atoms with Crippen molar-refractivity contribution in [1.82, 2.24) is 25.9 Å². The van der Waals surface area contributed by atoms with Crippen molar-refractivity contribution in [2.75, 3.05) is 12.4 Å². The van der Waals surface area contributed by atoms with Gasteiger partial charge in [0.2, 0.25) is 17.7 Å². The summed E-state index contributed by atoms with van der Waals surface area (Å²) in [4.78, 5) is 56.1. The number of aliphatic carboxylic acids is 1. The molecule has 0 saturated heterocycles. The maximum Gasteiger partial charge on any atom is 0.326 e. The average Bonchev–Trinajstić information content (AvgIpc) is 3.34. The van der Waals surface area contributed by atoms with E-state index in [0.717, 1.165) is 0 Å². The number of thiol groups is 1. The highest BCUT2D eigenvalue weighted by molar-refractivity contribution is 7.80. The molecule has 2 rings (SSSR count). The molecule has 4 unspecified atom stereocenters. The van der Waals surface area contributed by atoms with Gasteiger partial charge in [-0.25, -0.2) is 9.78 Å². The van der Waals surface area contributed by atoms with Crippen molar-refractivity contribution in [3.05, 3.63) is 54.1 Å². The molecule has 3 amide bonds. The fourth-order valence-electron chi connectivity index (χ4n) is 2.98. The molecule has 1 aromatic carbocycles. The van der Waals surface area contributed by atoms with Gasteiger partial charge in [0.1, 0.15) is 24.2 Å². The van der Waals surface area contributed by atoms with E-state index in [0.29, 0.717) is 11.3 Å². The van der Waals surface area contributed by atoms with E-state index in [1.165, 1.54) is 12.5 Å². The van der Waals surface area contributed by atoms with Crippen LogP contribution in [-0.2, 0) is 32.0 Å². The predicted octanol–water partition coefficient (Wildman–Crippen LogP) is -2.02.